The monoisotopic (exact) mass is 346 g/mol. The molecule has 0 bridgehead atoms. The SMILES string of the molecule is CC(C)(C)OC(=O)N1CCC[C@@H]([C@](O)(CN=[N+]=[N-])c2ccccc2)C1. The molecular formula is C18H26N4O3. The molecular weight excluding hydrogens is 320 g/mol. The van der Waals surface area contributed by atoms with E-state index in [9.17, 15) is 9.90 Å². The van der Waals surface area contributed by atoms with Gasteiger partial charge in [0.1, 0.15) is 5.60 Å². The van der Waals surface area contributed by atoms with E-state index in [-0.39, 0.29) is 18.6 Å². The first-order valence-electron chi connectivity index (χ1n) is 8.53. The number of carbonyl (C=O) groups excluding carboxylic acids is 1. The molecule has 0 spiro atoms. The van der Waals surface area contributed by atoms with Crippen molar-refractivity contribution in [3.05, 3.63) is 46.3 Å². The first-order chi connectivity index (χ1) is 11.8. The van der Waals surface area contributed by atoms with Crippen molar-refractivity contribution in [3.8, 4) is 0 Å². The molecule has 1 N–H and O–H groups in total. The van der Waals surface area contributed by atoms with Crippen LogP contribution in [0.4, 0.5) is 4.79 Å². The van der Waals surface area contributed by atoms with E-state index in [2.05, 4.69) is 10.0 Å². The summed E-state index contributed by atoms with van der Waals surface area (Å²) in [5.74, 6) is -0.235. The molecule has 0 radical (unpaired) electrons. The van der Waals surface area contributed by atoms with E-state index >= 15 is 0 Å². The number of azide groups is 1. The Bertz CT molecular complexity index is 637. The number of benzene rings is 1. The van der Waals surface area contributed by atoms with Crippen LogP contribution in [0.25, 0.3) is 10.4 Å². The van der Waals surface area contributed by atoms with Crippen molar-refractivity contribution in [2.24, 2.45) is 11.0 Å². The molecule has 2 atom stereocenters. The summed E-state index contributed by atoms with van der Waals surface area (Å²) in [5, 5.41) is 14.9. The second kappa shape index (κ2) is 7.76. The van der Waals surface area contributed by atoms with Crippen LogP contribution < -0.4 is 0 Å². The highest BCUT2D eigenvalue weighted by molar-refractivity contribution is 5.68. The number of carbonyl (C=O) groups is 1. The lowest BCUT2D eigenvalue weighted by Gasteiger charge is -2.42. The minimum Gasteiger partial charge on any atom is -0.444 e. The summed E-state index contributed by atoms with van der Waals surface area (Å²) in [5.41, 5.74) is 7.52. The van der Waals surface area contributed by atoms with E-state index in [4.69, 9.17) is 10.3 Å². The summed E-state index contributed by atoms with van der Waals surface area (Å²) in [6, 6.07) is 9.18. The Morgan fingerprint density at radius 1 is 1.40 bits per heavy atom. The van der Waals surface area contributed by atoms with Gasteiger partial charge in [0.25, 0.3) is 0 Å². The molecule has 0 unspecified atom stereocenters. The number of piperidine rings is 1. The number of ether oxygens (including phenoxy) is 1. The quantitative estimate of drug-likeness (QED) is 0.509. The van der Waals surface area contributed by atoms with Gasteiger partial charge in [-0.05, 0) is 44.7 Å². The van der Waals surface area contributed by atoms with Crippen molar-refractivity contribution >= 4 is 6.09 Å². The van der Waals surface area contributed by atoms with Crippen molar-refractivity contribution in [1.82, 2.24) is 4.90 Å². The van der Waals surface area contributed by atoms with E-state index in [0.29, 0.717) is 18.7 Å². The van der Waals surface area contributed by atoms with E-state index < -0.39 is 11.2 Å². The lowest BCUT2D eigenvalue weighted by Crippen LogP contribution is -2.50. The summed E-state index contributed by atoms with van der Waals surface area (Å²) >= 11 is 0. The zero-order valence-electron chi connectivity index (χ0n) is 15.1. The molecule has 1 aromatic rings. The highest BCUT2D eigenvalue weighted by Gasteiger charge is 2.41. The number of aliphatic hydroxyl groups is 1. The normalized spacial score (nSPS) is 20.3. The summed E-state index contributed by atoms with van der Waals surface area (Å²) in [4.78, 5) is 16.8. The molecule has 136 valence electrons. The Hall–Kier alpha value is -2.24. The highest BCUT2D eigenvalue weighted by Crippen LogP contribution is 2.36. The van der Waals surface area contributed by atoms with Crippen LogP contribution >= 0.6 is 0 Å². The lowest BCUT2D eigenvalue weighted by atomic mass is 9.77. The van der Waals surface area contributed by atoms with Crippen molar-refractivity contribution in [2.45, 2.75) is 44.8 Å². The number of likely N-dealkylation sites (tertiary alicyclic amines) is 1. The Kier molecular flexibility index (Phi) is 5.93. The topological polar surface area (TPSA) is 98.5 Å². The molecule has 1 fully saturated rings. The fourth-order valence-corrected chi connectivity index (χ4v) is 3.18. The number of hydrogen-bond acceptors (Lipinski definition) is 4. The maximum atomic E-state index is 12.4. The van der Waals surface area contributed by atoms with Crippen molar-refractivity contribution < 1.29 is 14.6 Å². The van der Waals surface area contributed by atoms with E-state index in [1.54, 1.807) is 4.90 Å². The van der Waals surface area contributed by atoms with Gasteiger partial charge in [-0.15, -0.1) is 0 Å². The van der Waals surface area contributed by atoms with E-state index in [0.717, 1.165) is 12.8 Å². The zero-order valence-corrected chi connectivity index (χ0v) is 15.1. The van der Waals surface area contributed by atoms with Gasteiger partial charge >= 0.3 is 6.09 Å². The third kappa shape index (κ3) is 4.87. The third-order valence-electron chi connectivity index (χ3n) is 4.40. The molecule has 0 aliphatic carbocycles. The molecule has 1 aliphatic heterocycles. The van der Waals surface area contributed by atoms with Crippen LogP contribution in [-0.4, -0.2) is 41.3 Å². The molecule has 1 aliphatic rings. The second-order valence-electron chi connectivity index (χ2n) is 7.44. The molecule has 0 saturated carbocycles. The van der Waals surface area contributed by atoms with Crippen LogP contribution in [0.15, 0.2) is 35.4 Å². The number of rotatable bonds is 4. The third-order valence-corrected chi connectivity index (χ3v) is 4.40. The van der Waals surface area contributed by atoms with Gasteiger partial charge < -0.3 is 14.7 Å². The van der Waals surface area contributed by atoms with Gasteiger partial charge in [0.15, 0.2) is 0 Å². The Balaban J connectivity index is 2.23. The number of hydrogen-bond donors (Lipinski definition) is 1. The van der Waals surface area contributed by atoms with Gasteiger partial charge in [-0.3, -0.25) is 0 Å². The van der Waals surface area contributed by atoms with Gasteiger partial charge in [0.2, 0.25) is 0 Å². The second-order valence-corrected chi connectivity index (χ2v) is 7.44. The predicted molar refractivity (Wildman–Crippen MR) is 94.9 cm³/mol. The minimum atomic E-state index is -1.31. The maximum absolute atomic E-state index is 12.4. The molecule has 7 heteroatoms. The summed E-state index contributed by atoms with van der Waals surface area (Å²) < 4.78 is 5.45. The minimum absolute atomic E-state index is 0.0691. The molecule has 2 rings (SSSR count). The van der Waals surface area contributed by atoms with Crippen LogP contribution in [0.1, 0.15) is 39.2 Å². The lowest BCUT2D eigenvalue weighted by molar-refractivity contribution is -0.0501. The smallest absolute Gasteiger partial charge is 0.410 e. The van der Waals surface area contributed by atoms with E-state index in [1.165, 1.54) is 0 Å². The van der Waals surface area contributed by atoms with Crippen molar-refractivity contribution in [1.29, 1.82) is 0 Å². The Labute approximate surface area is 148 Å². The Morgan fingerprint density at radius 2 is 2.08 bits per heavy atom. The first-order valence-corrected chi connectivity index (χ1v) is 8.53. The average molecular weight is 346 g/mol. The van der Waals surface area contributed by atoms with Crippen molar-refractivity contribution in [3.63, 3.8) is 0 Å². The van der Waals surface area contributed by atoms with Gasteiger partial charge in [-0.1, -0.05) is 35.4 Å². The summed E-state index contributed by atoms with van der Waals surface area (Å²) in [6.07, 6.45) is 1.12. The molecule has 25 heavy (non-hydrogen) atoms. The van der Waals surface area contributed by atoms with Crippen LogP contribution in [0, 0.1) is 5.92 Å². The largest absolute Gasteiger partial charge is 0.444 e. The molecule has 1 heterocycles. The van der Waals surface area contributed by atoms with Crippen LogP contribution in [-0.2, 0) is 10.3 Å². The predicted octanol–water partition coefficient (Wildman–Crippen LogP) is 3.83. The Morgan fingerprint density at radius 3 is 2.68 bits per heavy atom. The van der Waals surface area contributed by atoms with E-state index in [1.807, 2.05) is 51.1 Å². The van der Waals surface area contributed by atoms with Crippen LogP contribution in [0.5, 0.6) is 0 Å². The maximum Gasteiger partial charge on any atom is 0.410 e. The van der Waals surface area contributed by atoms with Crippen LogP contribution in [0.3, 0.4) is 0 Å². The molecule has 7 nitrogen and oxygen atoms in total. The highest BCUT2D eigenvalue weighted by atomic mass is 16.6. The number of nitrogens with zero attached hydrogens (tertiary/aromatic N) is 4. The average Bonchev–Trinajstić information content (AvgIpc) is 2.59. The van der Waals surface area contributed by atoms with Crippen molar-refractivity contribution in [2.75, 3.05) is 19.6 Å². The molecule has 1 aromatic carbocycles. The number of amides is 1. The van der Waals surface area contributed by atoms with Gasteiger partial charge in [0, 0.05) is 23.9 Å². The molecule has 1 saturated heterocycles. The van der Waals surface area contributed by atoms with Gasteiger partial charge in [0.05, 0.1) is 12.1 Å². The molecule has 0 aromatic heterocycles. The fourth-order valence-electron chi connectivity index (χ4n) is 3.18. The summed E-state index contributed by atoms with van der Waals surface area (Å²) in [7, 11) is 0. The first kappa shape index (κ1) is 19.1. The molecule has 1 amide bonds. The fraction of sp³-hybridized carbons (Fsp3) is 0.611. The van der Waals surface area contributed by atoms with Crippen LogP contribution in [0.2, 0.25) is 0 Å². The standard InChI is InChI=1S/C18H26N4O3/c1-17(2,3)25-16(23)22-11-7-10-15(12-22)18(24,13-20-21-19)14-8-5-4-6-9-14/h4-6,8-9,15,24H,7,10-13H2,1-3H3/t15-,18+/m1/s1. The zero-order chi connectivity index (χ0) is 18.5. The van der Waals surface area contributed by atoms with Gasteiger partial charge in [-0.25, -0.2) is 4.79 Å². The summed E-state index contributed by atoms with van der Waals surface area (Å²) in [6.45, 7) is 6.37. The van der Waals surface area contributed by atoms with Gasteiger partial charge in [-0.2, -0.15) is 0 Å².